The van der Waals surface area contributed by atoms with Crippen molar-refractivity contribution in [1.29, 1.82) is 0 Å². The van der Waals surface area contributed by atoms with Gasteiger partial charge in [-0.2, -0.15) is 0 Å². The lowest BCUT2D eigenvalue weighted by atomic mass is 10.0. The Morgan fingerprint density at radius 1 is 0.439 bits per heavy atom. The number of nitrogens with one attached hydrogen (secondary N) is 1. The summed E-state index contributed by atoms with van der Waals surface area (Å²) in [5.74, 6) is -0.322. The topological polar surface area (TPSA) is 89.8 Å². The second kappa shape index (κ2) is 47.5. The number of rotatable bonds is 47. The van der Waals surface area contributed by atoms with Crippen molar-refractivity contribution in [2.75, 3.05) is 6.61 Å². The van der Waals surface area contributed by atoms with Gasteiger partial charge in [0.2, 0.25) is 5.91 Å². The van der Waals surface area contributed by atoms with Gasteiger partial charge in [0.1, 0.15) is 0 Å². The molecule has 4 N–H and O–H groups in total. The molecule has 0 aliphatic heterocycles. The number of amides is 1. The van der Waals surface area contributed by atoms with Crippen LogP contribution in [-0.2, 0) is 4.79 Å². The fraction of sp³-hybridized carbons (Fsp3) is 0.904. The van der Waals surface area contributed by atoms with E-state index in [4.69, 9.17) is 0 Å². The van der Waals surface area contributed by atoms with Crippen molar-refractivity contribution in [3.05, 3.63) is 24.3 Å². The van der Waals surface area contributed by atoms with E-state index >= 15 is 0 Å². The van der Waals surface area contributed by atoms with E-state index in [1.807, 2.05) is 6.08 Å². The molecule has 0 spiro atoms. The Bertz CT molecular complexity index is 844. The molecule has 0 saturated heterocycles. The van der Waals surface area contributed by atoms with Crippen molar-refractivity contribution < 1.29 is 20.1 Å². The highest BCUT2D eigenvalue weighted by atomic mass is 16.3. The lowest BCUT2D eigenvalue weighted by molar-refractivity contribution is -0.124. The van der Waals surface area contributed by atoms with Crippen LogP contribution in [0.4, 0.5) is 0 Å². The average molecular weight is 804 g/mol. The van der Waals surface area contributed by atoms with Gasteiger partial charge in [-0.25, -0.2) is 0 Å². The Morgan fingerprint density at radius 3 is 1.12 bits per heavy atom. The van der Waals surface area contributed by atoms with Gasteiger partial charge in [-0.3, -0.25) is 4.79 Å². The Kier molecular flexibility index (Phi) is 46.5. The first kappa shape index (κ1) is 55.8. The van der Waals surface area contributed by atoms with Crippen molar-refractivity contribution >= 4 is 5.91 Å². The summed E-state index contributed by atoms with van der Waals surface area (Å²) < 4.78 is 0. The van der Waals surface area contributed by atoms with Gasteiger partial charge in [-0.05, 0) is 32.1 Å². The molecule has 0 heterocycles. The predicted octanol–water partition coefficient (Wildman–Crippen LogP) is 15.3. The molecule has 0 fully saturated rings. The standard InChI is InChI=1S/C52H101NO4/c1-3-5-7-9-11-13-15-17-18-19-20-21-22-23-24-25-26-27-28-29-30-31-32-34-35-37-39-41-43-45-49(55)47-52(57)53-50(48-54)51(56)46-44-42-40-38-36-33-16-14-12-10-8-6-4-2/h36,38,44,46,49-51,54-56H,3-35,37,39-43,45,47-48H2,1-2H3,(H,53,57)/b38-36+,46-44+. The molecule has 3 unspecified atom stereocenters. The van der Waals surface area contributed by atoms with Crippen LogP contribution in [0, 0.1) is 0 Å². The zero-order valence-corrected chi connectivity index (χ0v) is 38.5. The van der Waals surface area contributed by atoms with E-state index in [0.717, 1.165) is 32.1 Å². The first-order valence-electron chi connectivity index (χ1n) is 25.6. The van der Waals surface area contributed by atoms with Crippen molar-refractivity contribution in [3.63, 3.8) is 0 Å². The summed E-state index contributed by atoms with van der Waals surface area (Å²) in [5, 5.41) is 33.2. The summed E-state index contributed by atoms with van der Waals surface area (Å²) in [7, 11) is 0. The molecule has 0 saturated carbocycles. The summed E-state index contributed by atoms with van der Waals surface area (Å²) in [6.45, 7) is 4.21. The second-order valence-electron chi connectivity index (χ2n) is 17.8. The molecule has 0 aromatic rings. The number of hydrogen-bond acceptors (Lipinski definition) is 4. The van der Waals surface area contributed by atoms with E-state index in [1.165, 1.54) is 218 Å². The highest BCUT2D eigenvalue weighted by Crippen LogP contribution is 2.17. The molecule has 3 atom stereocenters. The van der Waals surface area contributed by atoms with Crippen LogP contribution in [0.15, 0.2) is 24.3 Å². The minimum atomic E-state index is -0.948. The molecule has 0 radical (unpaired) electrons. The van der Waals surface area contributed by atoms with Gasteiger partial charge < -0.3 is 20.6 Å². The van der Waals surface area contributed by atoms with Crippen molar-refractivity contribution in [3.8, 4) is 0 Å². The van der Waals surface area contributed by atoms with Crippen LogP contribution in [0.1, 0.15) is 277 Å². The highest BCUT2D eigenvalue weighted by molar-refractivity contribution is 5.76. The quantitative estimate of drug-likeness (QED) is 0.0364. The maximum atomic E-state index is 12.5. The third-order valence-electron chi connectivity index (χ3n) is 12.0. The first-order valence-corrected chi connectivity index (χ1v) is 25.6. The van der Waals surface area contributed by atoms with Gasteiger partial charge in [0, 0.05) is 0 Å². The summed E-state index contributed by atoms with van der Waals surface area (Å²) in [5.41, 5.74) is 0. The van der Waals surface area contributed by atoms with Crippen molar-refractivity contribution in [1.82, 2.24) is 5.32 Å². The van der Waals surface area contributed by atoms with Crippen LogP contribution in [-0.4, -0.2) is 46.1 Å². The number of aliphatic hydroxyl groups excluding tert-OH is 3. The Balaban J connectivity index is 3.51. The first-order chi connectivity index (χ1) is 28.0. The summed E-state index contributed by atoms with van der Waals surface area (Å²) in [6, 6.07) is -0.757. The molecule has 0 rings (SSSR count). The summed E-state index contributed by atoms with van der Waals surface area (Å²) in [6.07, 6.45) is 59.3. The molecule has 0 bridgehead atoms. The van der Waals surface area contributed by atoms with Gasteiger partial charge in [0.15, 0.2) is 0 Å². The van der Waals surface area contributed by atoms with Crippen molar-refractivity contribution in [2.24, 2.45) is 0 Å². The van der Waals surface area contributed by atoms with E-state index in [-0.39, 0.29) is 18.9 Å². The maximum absolute atomic E-state index is 12.5. The third-order valence-corrected chi connectivity index (χ3v) is 12.0. The molecule has 5 heteroatoms. The van der Waals surface area contributed by atoms with E-state index in [1.54, 1.807) is 6.08 Å². The normalized spacial score (nSPS) is 13.6. The number of unbranched alkanes of at least 4 members (excludes halogenated alkanes) is 36. The lowest BCUT2D eigenvalue weighted by Gasteiger charge is -2.21. The van der Waals surface area contributed by atoms with Crippen LogP contribution in [0.3, 0.4) is 0 Å². The average Bonchev–Trinajstić information content (AvgIpc) is 3.20. The van der Waals surface area contributed by atoms with Gasteiger partial charge in [-0.15, -0.1) is 0 Å². The van der Waals surface area contributed by atoms with Gasteiger partial charge in [-0.1, -0.05) is 263 Å². The Morgan fingerprint density at radius 2 is 0.754 bits per heavy atom. The third kappa shape index (κ3) is 44.2. The molecule has 0 aliphatic rings. The Hall–Kier alpha value is -1.17. The monoisotopic (exact) mass is 804 g/mol. The second-order valence-corrected chi connectivity index (χ2v) is 17.8. The molecule has 57 heavy (non-hydrogen) atoms. The van der Waals surface area contributed by atoms with Gasteiger partial charge in [0.05, 0.1) is 31.3 Å². The number of allylic oxidation sites excluding steroid dienone is 3. The van der Waals surface area contributed by atoms with Crippen LogP contribution >= 0.6 is 0 Å². The Labute approximate surface area is 356 Å². The molecule has 1 amide bonds. The molecule has 0 aromatic carbocycles. The van der Waals surface area contributed by atoms with Crippen LogP contribution in [0.5, 0.6) is 0 Å². The SMILES string of the molecule is CCCCCCCCC/C=C/CC/C=C/C(O)C(CO)NC(=O)CC(O)CCCCCCCCCCCCCCCCCCCCCCCCCCCCCCC. The summed E-state index contributed by atoms with van der Waals surface area (Å²) >= 11 is 0. The zero-order valence-electron chi connectivity index (χ0n) is 38.5. The smallest absolute Gasteiger partial charge is 0.222 e. The van der Waals surface area contributed by atoms with E-state index in [9.17, 15) is 20.1 Å². The fourth-order valence-electron chi connectivity index (χ4n) is 8.06. The van der Waals surface area contributed by atoms with Gasteiger partial charge >= 0.3 is 0 Å². The molecular formula is C52H101NO4. The largest absolute Gasteiger partial charge is 0.394 e. The van der Waals surface area contributed by atoms with Gasteiger partial charge in [0.25, 0.3) is 0 Å². The fourth-order valence-corrected chi connectivity index (χ4v) is 8.06. The van der Waals surface area contributed by atoms with E-state index < -0.39 is 18.2 Å². The van der Waals surface area contributed by atoms with Crippen LogP contribution in [0.25, 0.3) is 0 Å². The zero-order chi connectivity index (χ0) is 41.5. The molecular weight excluding hydrogens is 703 g/mol. The van der Waals surface area contributed by atoms with E-state index in [0.29, 0.717) is 6.42 Å². The number of carbonyl (C=O) groups is 1. The number of aliphatic hydroxyl groups is 3. The molecule has 0 aromatic heterocycles. The minimum absolute atomic E-state index is 0.00993. The predicted molar refractivity (Wildman–Crippen MR) is 250 cm³/mol. The lowest BCUT2D eigenvalue weighted by Crippen LogP contribution is -2.45. The number of carbonyl (C=O) groups excluding carboxylic acids is 1. The van der Waals surface area contributed by atoms with Crippen molar-refractivity contribution in [2.45, 2.75) is 295 Å². The number of hydrogen-bond donors (Lipinski definition) is 4. The maximum Gasteiger partial charge on any atom is 0.222 e. The molecule has 0 aliphatic carbocycles. The minimum Gasteiger partial charge on any atom is -0.394 e. The highest BCUT2D eigenvalue weighted by Gasteiger charge is 2.20. The summed E-state index contributed by atoms with van der Waals surface area (Å²) in [4.78, 5) is 12.5. The molecule has 5 nitrogen and oxygen atoms in total. The van der Waals surface area contributed by atoms with E-state index in [2.05, 4.69) is 31.3 Å². The van der Waals surface area contributed by atoms with Crippen LogP contribution < -0.4 is 5.32 Å². The molecule has 338 valence electrons. The van der Waals surface area contributed by atoms with Crippen LogP contribution in [0.2, 0.25) is 0 Å².